The number of fused-ring (bicyclic) bond motifs is 3. The van der Waals surface area contributed by atoms with Gasteiger partial charge in [0.1, 0.15) is 17.4 Å². The highest BCUT2D eigenvalue weighted by atomic mass is 19.1. The molecular weight excluding hydrogens is 384 g/mol. The number of methoxy groups -OCH3 is 1. The molecule has 2 aliphatic heterocycles. The molecule has 3 atom stereocenters. The molecule has 0 aromatic heterocycles. The Kier molecular flexibility index (Phi) is 4.89. The summed E-state index contributed by atoms with van der Waals surface area (Å²) < 4.78 is 32.3. The average Bonchev–Trinajstić information content (AvgIpc) is 3.19. The summed E-state index contributed by atoms with van der Waals surface area (Å²) in [6, 6.07) is 19.6. The Balaban J connectivity index is 1.51. The maximum absolute atomic E-state index is 13.4. The molecule has 4 nitrogen and oxygen atoms in total. The Bertz CT molecular complexity index is 1040. The summed E-state index contributed by atoms with van der Waals surface area (Å²) >= 11 is 0. The monoisotopic (exact) mass is 407 g/mol. The van der Waals surface area contributed by atoms with Gasteiger partial charge in [-0.2, -0.15) is 0 Å². The predicted octanol–water partition coefficient (Wildman–Crippen LogP) is 4.50. The highest BCUT2D eigenvalue weighted by molar-refractivity contribution is 5.61. The van der Waals surface area contributed by atoms with Gasteiger partial charge >= 0.3 is 0 Å². The predicted molar refractivity (Wildman–Crippen MR) is 112 cm³/mol. The number of hydrogen-bond acceptors (Lipinski definition) is 4. The van der Waals surface area contributed by atoms with Crippen molar-refractivity contribution < 1.29 is 13.5 Å². The normalized spacial score (nSPS) is 22.5. The number of benzene rings is 3. The lowest BCUT2D eigenvalue weighted by molar-refractivity contribution is 0.393. The molecule has 154 valence electrons. The zero-order valence-corrected chi connectivity index (χ0v) is 16.6. The largest absolute Gasteiger partial charge is 0.497 e. The molecule has 0 spiro atoms. The number of anilines is 1. The van der Waals surface area contributed by atoms with Crippen LogP contribution in [-0.2, 0) is 6.54 Å². The first kappa shape index (κ1) is 19.0. The molecule has 30 heavy (non-hydrogen) atoms. The van der Waals surface area contributed by atoms with Crippen molar-refractivity contribution in [2.24, 2.45) is 5.92 Å². The molecule has 1 saturated heterocycles. The second-order valence-corrected chi connectivity index (χ2v) is 7.89. The van der Waals surface area contributed by atoms with Crippen molar-refractivity contribution in [3.05, 3.63) is 95.1 Å². The van der Waals surface area contributed by atoms with E-state index in [9.17, 15) is 8.78 Å². The summed E-state index contributed by atoms with van der Waals surface area (Å²) in [5.74, 6) is 0.569. The molecule has 2 aliphatic rings. The second-order valence-electron chi connectivity index (χ2n) is 7.89. The molecule has 6 heteroatoms. The zero-order valence-electron chi connectivity index (χ0n) is 16.6. The number of rotatable bonds is 4. The van der Waals surface area contributed by atoms with Gasteiger partial charge in [0.15, 0.2) is 0 Å². The average molecular weight is 407 g/mol. The van der Waals surface area contributed by atoms with E-state index in [2.05, 4.69) is 27.9 Å². The lowest BCUT2D eigenvalue weighted by atomic mass is 9.82. The lowest BCUT2D eigenvalue weighted by Gasteiger charge is -2.39. The fraction of sp³-hybridized carbons (Fsp3) is 0.250. The highest BCUT2D eigenvalue weighted by Gasteiger charge is 2.43. The molecule has 0 bridgehead atoms. The summed E-state index contributed by atoms with van der Waals surface area (Å²) in [4.78, 5) is 2.33. The van der Waals surface area contributed by atoms with Gasteiger partial charge < -0.3 is 9.64 Å². The van der Waals surface area contributed by atoms with E-state index in [4.69, 9.17) is 4.74 Å². The molecule has 2 heterocycles. The van der Waals surface area contributed by atoms with Crippen molar-refractivity contribution in [3.63, 3.8) is 0 Å². The first-order valence-electron chi connectivity index (χ1n) is 10.1. The third-order valence-electron chi connectivity index (χ3n) is 6.11. The number of nitrogens with zero attached hydrogens (tertiary/aromatic N) is 1. The maximum Gasteiger partial charge on any atom is 0.123 e. The van der Waals surface area contributed by atoms with Crippen LogP contribution in [0.25, 0.3) is 0 Å². The second kappa shape index (κ2) is 7.70. The first-order valence-corrected chi connectivity index (χ1v) is 10.1. The lowest BCUT2D eigenvalue weighted by Crippen LogP contribution is -2.39. The minimum Gasteiger partial charge on any atom is -0.497 e. The molecule has 2 N–H and O–H groups in total. The molecule has 3 aromatic rings. The van der Waals surface area contributed by atoms with Gasteiger partial charge in [-0.3, -0.25) is 0 Å². The van der Waals surface area contributed by atoms with Crippen LogP contribution in [-0.4, -0.2) is 13.7 Å². The third-order valence-corrected chi connectivity index (χ3v) is 6.11. The summed E-state index contributed by atoms with van der Waals surface area (Å²) in [6.07, 6.45) is 0. The summed E-state index contributed by atoms with van der Waals surface area (Å²) in [5.41, 5.74) is 11.2. The van der Waals surface area contributed by atoms with Crippen LogP contribution in [0.1, 0.15) is 28.8 Å². The Hall–Kier alpha value is -2.96. The van der Waals surface area contributed by atoms with E-state index in [1.807, 2.05) is 30.3 Å². The van der Waals surface area contributed by atoms with Crippen LogP contribution in [0.4, 0.5) is 14.5 Å². The molecule has 0 saturated carbocycles. The fourth-order valence-corrected chi connectivity index (χ4v) is 4.62. The molecule has 0 radical (unpaired) electrons. The summed E-state index contributed by atoms with van der Waals surface area (Å²) in [7, 11) is 1.67. The fourth-order valence-electron chi connectivity index (χ4n) is 4.62. The van der Waals surface area contributed by atoms with Gasteiger partial charge in [-0.1, -0.05) is 24.3 Å². The van der Waals surface area contributed by atoms with E-state index in [1.54, 1.807) is 7.11 Å². The number of hydrogen-bond donors (Lipinski definition) is 2. The molecule has 0 aliphatic carbocycles. The van der Waals surface area contributed by atoms with Crippen LogP contribution in [0.2, 0.25) is 0 Å². The van der Waals surface area contributed by atoms with E-state index in [0.717, 1.165) is 34.7 Å². The van der Waals surface area contributed by atoms with Gasteiger partial charge in [-0.25, -0.2) is 19.6 Å². The number of halogens is 2. The van der Waals surface area contributed by atoms with Crippen molar-refractivity contribution in [2.75, 3.05) is 18.6 Å². The minimum atomic E-state index is -0.238. The van der Waals surface area contributed by atoms with Gasteiger partial charge in [-0.05, 0) is 59.2 Å². The van der Waals surface area contributed by atoms with Crippen LogP contribution >= 0.6 is 0 Å². The minimum absolute atomic E-state index is 0.0469. The molecule has 0 amide bonds. The molecular formula is C24H23F2N3O. The van der Waals surface area contributed by atoms with Crippen molar-refractivity contribution in [1.82, 2.24) is 10.9 Å². The topological polar surface area (TPSA) is 36.5 Å². The summed E-state index contributed by atoms with van der Waals surface area (Å²) in [6.45, 7) is 1.49. The Morgan fingerprint density at radius 1 is 0.900 bits per heavy atom. The molecule has 5 rings (SSSR count). The quantitative estimate of drug-likeness (QED) is 0.668. The van der Waals surface area contributed by atoms with Crippen molar-refractivity contribution in [3.8, 4) is 5.75 Å². The smallest absolute Gasteiger partial charge is 0.123 e. The maximum atomic E-state index is 13.4. The first-order chi connectivity index (χ1) is 14.6. The zero-order chi connectivity index (χ0) is 20.7. The van der Waals surface area contributed by atoms with Gasteiger partial charge in [0.25, 0.3) is 0 Å². The van der Waals surface area contributed by atoms with Crippen molar-refractivity contribution >= 4 is 5.69 Å². The van der Waals surface area contributed by atoms with Gasteiger partial charge in [0.2, 0.25) is 0 Å². The van der Waals surface area contributed by atoms with E-state index >= 15 is 0 Å². The van der Waals surface area contributed by atoms with Gasteiger partial charge in [-0.15, -0.1) is 0 Å². The standard InChI is InChI=1S/C24H23F2N3O/c1-30-19-10-11-22-20(12-19)24-21(14-29(22)13-15-2-6-17(25)7-3-15)23(27-28-24)16-4-8-18(26)9-5-16/h2-12,21,23-24,27-28H,13-14H2,1H3. The Labute approximate surface area is 174 Å². The highest BCUT2D eigenvalue weighted by Crippen LogP contribution is 2.46. The van der Waals surface area contributed by atoms with Crippen LogP contribution in [0.5, 0.6) is 5.75 Å². The van der Waals surface area contributed by atoms with E-state index < -0.39 is 0 Å². The Morgan fingerprint density at radius 3 is 2.27 bits per heavy atom. The van der Waals surface area contributed by atoms with Crippen molar-refractivity contribution in [1.29, 1.82) is 0 Å². The SMILES string of the molecule is COc1ccc2c(c1)C1NNC(c3ccc(F)cc3)C1CN2Cc1ccc(F)cc1. The Morgan fingerprint density at radius 2 is 1.57 bits per heavy atom. The van der Waals surface area contributed by atoms with Crippen LogP contribution in [0, 0.1) is 17.6 Å². The van der Waals surface area contributed by atoms with E-state index in [-0.39, 0.29) is 29.6 Å². The number of hydrazine groups is 1. The molecule has 3 aromatic carbocycles. The molecule has 1 fully saturated rings. The summed E-state index contributed by atoms with van der Waals surface area (Å²) in [5, 5.41) is 0. The third kappa shape index (κ3) is 3.42. The van der Waals surface area contributed by atoms with Crippen molar-refractivity contribution in [2.45, 2.75) is 18.6 Å². The van der Waals surface area contributed by atoms with Gasteiger partial charge in [0.05, 0.1) is 19.2 Å². The number of nitrogens with one attached hydrogen (secondary N) is 2. The van der Waals surface area contributed by atoms with Gasteiger partial charge in [0, 0.05) is 24.7 Å². The van der Waals surface area contributed by atoms with E-state index in [1.165, 1.54) is 24.3 Å². The molecule has 3 unspecified atom stereocenters. The van der Waals surface area contributed by atoms with Crippen LogP contribution < -0.4 is 20.5 Å². The number of ether oxygens (including phenoxy) is 1. The van der Waals surface area contributed by atoms with E-state index in [0.29, 0.717) is 6.54 Å². The van der Waals surface area contributed by atoms with Crippen LogP contribution in [0.15, 0.2) is 66.7 Å². The van der Waals surface area contributed by atoms with Crippen LogP contribution in [0.3, 0.4) is 0 Å².